The summed E-state index contributed by atoms with van der Waals surface area (Å²) in [5.41, 5.74) is 0. The Kier molecular flexibility index (Phi) is 3.07. The summed E-state index contributed by atoms with van der Waals surface area (Å²) in [7, 11) is 0. The van der Waals surface area contributed by atoms with Crippen molar-refractivity contribution in [2.45, 2.75) is 50.1 Å². The van der Waals surface area contributed by atoms with Crippen LogP contribution >= 0.6 is 0 Å². The lowest BCUT2D eigenvalue weighted by atomic mass is 9.94. The van der Waals surface area contributed by atoms with Crippen LogP contribution in [0.3, 0.4) is 0 Å². The molecule has 0 amide bonds. The summed E-state index contributed by atoms with van der Waals surface area (Å²) in [6, 6.07) is 0. The zero-order valence-corrected chi connectivity index (χ0v) is 8.32. The Hall–Kier alpha value is -0.160. The van der Waals surface area contributed by atoms with Gasteiger partial charge in [-0.1, -0.05) is 6.42 Å². The van der Waals surface area contributed by atoms with Crippen LogP contribution in [0.2, 0.25) is 0 Å². The zero-order valence-electron chi connectivity index (χ0n) is 8.32. The van der Waals surface area contributed by atoms with E-state index in [0.29, 0.717) is 6.61 Å². The van der Waals surface area contributed by atoms with Gasteiger partial charge in [0.05, 0.1) is 13.2 Å². The first-order valence-electron chi connectivity index (χ1n) is 5.36. The maximum Gasteiger partial charge on any atom is 0.169 e. The molecule has 4 nitrogen and oxygen atoms in total. The second-order valence-corrected chi connectivity index (χ2v) is 4.19. The number of aliphatic hydroxyl groups excluding tert-OH is 2. The molecule has 1 aliphatic carbocycles. The maximum atomic E-state index is 9.42. The fourth-order valence-electron chi connectivity index (χ4n) is 2.24. The lowest BCUT2D eigenvalue weighted by Gasteiger charge is -2.32. The minimum atomic E-state index is -0.809. The molecule has 1 saturated carbocycles. The lowest BCUT2D eigenvalue weighted by Crippen LogP contribution is -2.37. The maximum absolute atomic E-state index is 9.42. The summed E-state index contributed by atoms with van der Waals surface area (Å²) in [5, 5.41) is 18.2. The van der Waals surface area contributed by atoms with Crippen LogP contribution in [0.5, 0.6) is 0 Å². The number of hydrogen-bond donors (Lipinski definition) is 2. The van der Waals surface area contributed by atoms with Crippen LogP contribution in [-0.2, 0) is 9.47 Å². The van der Waals surface area contributed by atoms with Gasteiger partial charge in [0, 0.05) is 12.8 Å². The standard InChI is InChI=1S/C10H18O4/c11-6-8(12)9-7-13-10(14-9)4-2-1-3-5-10/h8-9,11-12H,1-7H2/t8?,9-/m0/s1. The molecule has 1 spiro atoms. The largest absolute Gasteiger partial charge is 0.394 e. The molecule has 2 N–H and O–H groups in total. The molecule has 1 heterocycles. The Labute approximate surface area is 83.8 Å². The van der Waals surface area contributed by atoms with Crippen molar-refractivity contribution in [2.75, 3.05) is 13.2 Å². The van der Waals surface area contributed by atoms with Crippen molar-refractivity contribution in [3.05, 3.63) is 0 Å². The summed E-state index contributed by atoms with van der Waals surface area (Å²) in [6.07, 6.45) is 4.17. The minimum Gasteiger partial charge on any atom is -0.394 e. The first kappa shape index (κ1) is 10.4. The lowest BCUT2D eigenvalue weighted by molar-refractivity contribution is -0.197. The van der Waals surface area contributed by atoms with Gasteiger partial charge in [-0.15, -0.1) is 0 Å². The summed E-state index contributed by atoms with van der Waals surface area (Å²) in [4.78, 5) is 0. The van der Waals surface area contributed by atoms with Crippen molar-refractivity contribution < 1.29 is 19.7 Å². The SMILES string of the molecule is OCC(O)[C@@H]1COC2(CCCCC2)O1. The molecule has 1 saturated heterocycles. The van der Waals surface area contributed by atoms with Crippen molar-refractivity contribution in [1.82, 2.24) is 0 Å². The van der Waals surface area contributed by atoms with Gasteiger partial charge in [-0.3, -0.25) is 0 Å². The Morgan fingerprint density at radius 3 is 2.64 bits per heavy atom. The second-order valence-electron chi connectivity index (χ2n) is 4.19. The molecule has 2 fully saturated rings. The molecule has 2 atom stereocenters. The van der Waals surface area contributed by atoms with E-state index in [4.69, 9.17) is 14.6 Å². The quantitative estimate of drug-likeness (QED) is 0.681. The van der Waals surface area contributed by atoms with Crippen molar-refractivity contribution >= 4 is 0 Å². The molecule has 82 valence electrons. The van der Waals surface area contributed by atoms with Crippen molar-refractivity contribution in [3.63, 3.8) is 0 Å². The van der Waals surface area contributed by atoms with Crippen LogP contribution in [0.15, 0.2) is 0 Å². The van der Waals surface area contributed by atoms with Gasteiger partial charge >= 0.3 is 0 Å². The van der Waals surface area contributed by atoms with Gasteiger partial charge in [-0.25, -0.2) is 0 Å². The molecule has 0 aromatic heterocycles. The highest BCUT2D eigenvalue weighted by atomic mass is 16.7. The van der Waals surface area contributed by atoms with Crippen LogP contribution in [0, 0.1) is 0 Å². The van der Waals surface area contributed by atoms with Gasteiger partial charge in [-0.05, 0) is 12.8 Å². The fraction of sp³-hybridized carbons (Fsp3) is 1.00. The van der Waals surface area contributed by atoms with E-state index in [-0.39, 0.29) is 12.7 Å². The highest BCUT2D eigenvalue weighted by molar-refractivity contribution is 4.84. The smallest absolute Gasteiger partial charge is 0.169 e. The van der Waals surface area contributed by atoms with E-state index in [9.17, 15) is 5.11 Å². The molecular weight excluding hydrogens is 184 g/mol. The third-order valence-electron chi connectivity index (χ3n) is 3.11. The first-order chi connectivity index (χ1) is 6.76. The Bertz CT molecular complexity index is 189. The van der Waals surface area contributed by atoms with Crippen molar-refractivity contribution in [1.29, 1.82) is 0 Å². The first-order valence-corrected chi connectivity index (χ1v) is 5.36. The van der Waals surface area contributed by atoms with Gasteiger partial charge in [-0.2, -0.15) is 0 Å². The number of hydrogen-bond acceptors (Lipinski definition) is 4. The second kappa shape index (κ2) is 4.14. The Morgan fingerprint density at radius 2 is 2.00 bits per heavy atom. The minimum absolute atomic E-state index is 0.260. The van der Waals surface area contributed by atoms with Crippen LogP contribution in [-0.4, -0.2) is 41.4 Å². The summed E-state index contributed by atoms with van der Waals surface area (Å²) in [6.45, 7) is 0.145. The zero-order chi connectivity index (χ0) is 10.0. The summed E-state index contributed by atoms with van der Waals surface area (Å²) in [5.74, 6) is -0.445. The molecule has 0 aromatic rings. The van der Waals surface area contributed by atoms with Gasteiger partial charge in [0.25, 0.3) is 0 Å². The third-order valence-corrected chi connectivity index (χ3v) is 3.11. The van der Waals surface area contributed by atoms with Gasteiger partial charge in [0.2, 0.25) is 0 Å². The average Bonchev–Trinajstić information content (AvgIpc) is 2.62. The van der Waals surface area contributed by atoms with Crippen LogP contribution in [0.1, 0.15) is 32.1 Å². The Balaban J connectivity index is 1.92. The summed E-state index contributed by atoms with van der Waals surface area (Å²) < 4.78 is 11.3. The third kappa shape index (κ3) is 1.93. The number of rotatable bonds is 2. The van der Waals surface area contributed by atoms with Crippen LogP contribution in [0.4, 0.5) is 0 Å². The molecule has 4 heteroatoms. The van der Waals surface area contributed by atoms with Gasteiger partial charge in [0.15, 0.2) is 5.79 Å². The number of aliphatic hydroxyl groups is 2. The molecule has 1 unspecified atom stereocenters. The van der Waals surface area contributed by atoms with E-state index in [1.807, 2.05) is 0 Å². The topological polar surface area (TPSA) is 58.9 Å². The van der Waals surface area contributed by atoms with Crippen molar-refractivity contribution in [3.8, 4) is 0 Å². The highest BCUT2D eigenvalue weighted by Crippen LogP contribution is 2.38. The molecule has 0 radical (unpaired) electrons. The molecule has 2 aliphatic rings. The van der Waals surface area contributed by atoms with E-state index < -0.39 is 11.9 Å². The predicted octanol–water partition coefficient (Wildman–Crippen LogP) is 0.415. The van der Waals surface area contributed by atoms with Gasteiger partial charge < -0.3 is 19.7 Å². The molecule has 0 bridgehead atoms. The Morgan fingerprint density at radius 1 is 1.29 bits per heavy atom. The van der Waals surface area contributed by atoms with E-state index in [1.54, 1.807) is 0 Å². The summed E-state index contributed by atoms with van der Waals surface area (Å²) >= 11 is 0. The van der Waals surface area contributed by atoms with Crippen molar-refractivity contribution in [2.24, 2.45) is 0 Å². The molecule has 14 heavy (non-hydrogen) atoms. The van der Waals surface area contributed by atoms with E-state index >= 15 is 0 Å². The highest BCUT2D eigenvalue weighted by Gasteiger charge is 2.44. The normalized spacial score (nSPS) is 33.4. The molecular formula is C10H18O4. The van der Waals surface area contributed by atoms with Crippen LogP contribution < -0.4 is 0 Å². The van der Waals surface area contributed by atoms with Gasteiger partial charge in [0.1, 0.15) is 12.2 Å². The fourth-order valence-corrected chi connectivity index (χ4v) is 2.24. The van der Waals surface area contributed by atoms with E-state index in [2.05, 4.69) is 0 Å². The monoisotopic (exact) mass is 202 g/mol. The van der Waals surface area contributed by atoms with Crippen LogP contribution in [0.25, 0.3) is 0 Å². The number of ether oxygens (including phenoxy) is 2. The van der Waals surface area contributed by atoms with E-state index in [1.165, 1.54) is 6.42 Å². The van der Waals surface area contributed by atoms with E-state index in [0.717, 1.165) is 25.7 Å². The molecule has 2 rings (SSSR count). The molecule has 0 aromatic carbocycles. The predicted molar refractivity (Wildman–Crippen MR) is 49.7 cm³/mol. The molecule has 1 aliphatic heterocycles. The average molecular weight is 202 g/mol.